The zero-order valence-corrected chi connectivity index (χ0v) is 28.7. The SMILES string of the molecule is C=CC(=O)N1CCN(c2c(C#N)c(OC(C)CN3CCN(C(C)=O)CC3)nc3c2CCN(c2cccc4cccc(C)c24)C3)C[C@@H]1CC#N. The average molecular weight is 661 g/mol. The summed E-state index contributed by atoms with van der Waals surface area (Å²) < 4.78 is 6.56. The van der Waals surface area contributed by atoms with Gasteiger partial charge < -0.3 is 24.3 Å². The summed E-state index contributed by atoms with van der Waals surface area (Å²) in [6.45, 7) is 15.6. The molecule has 3 aromatic rings. The number of hydrogen-bond acceptors (Lipinski definition) is 9. The molecule has 2 fully saturated rings. The first-order valence-corrected chi connectivity index (χ1v) is 17.1. The molecule has 254 valence electrons. The van der Waals surface area contributed by atoms with Crippen molar-refractivity contribution >= 4 is 34.0 Å². The molecule has 2 saturated heterocycles. The maximum atomic E-state index is 12.7. The highest BCUT2D eigenvalue weighted by molar-refractivity contribution is 5.97. The van der Waals surface area contributed by atoms with Crippen LogP contribution in [-0.2, 0) is 22.6 Å². The summed E-state index contributed by atoms with van der Waals surface area (Å²) in [4.78, 5) is 40.0. The maximum absolute atomic E-state index is 12.7. The average Bonchev–Trinajstić information content (AvgIpc) is 3.10. The number of ether oxygens (including phenoxy) is 1. The summed E-state index contributed by atoms with van der Waals surface area (Å²) in [5, 5.41) is 22.7. The molecule has 6 rings (SSSR count). The number of nitrogens with zero attached hydrogens (tertiary/aromatic N) is 8. The second-order valence-corrected chi connectivity index (χ2v) is 13.2. The number of aromatic nitrogens is 1. The Kier molecular flexibility index (Phi) is 10.0. The number of pyridine rings is 1. The van der Waals surface area contributed by atoms with Crippen LogP contribution in [0.25, 0.3) is 10.8 Å². The fourth-order valence-electron chi connectivity index (χ4n) is 7.63. The lowest BCUT2D eigenvalue weighted by atomic mass is 9.95. The second-order valence-electron chi connectivity index (χ2n) is 13.2. The van der Waals surface area contributed by atoms with Gasteiger partial charge in [0, 0.05) is 82.5 Å². The van der Waals surface area contributed by atoms with Crippen LogP contribution in [0, 0.1) is 29.6 Å². The van der Waals surface area contributed by atoms with Gasteiger partial charge in [-0.15, -0.1) is 0 Å². The van der Waals surface area contributed by atoms with Crippen molar-refractivity contribution in [1.82, 2.24) is 19.7 Å². The van der Waals surface area contributed by atoms with Crippen LogP contribution in [0.3, 0.4) is 0 Å². The molecule has 3 aliphatic heterocycles. The van der Waals surface area contributed by atoms with E-state index in [2.05, 4.69) is 76.7 Å². The largest absolute Gasteiger partial charge is 0.472 e. The van der Waals surface area contributed by atoms with E-state index in [1.807, 2.05) is 11.8 Å². The molecule has 0 aliphatic carbocycles. The van der Waals surface area contributed by atoms with Crippen molar-refractivity contribution in [3.8, 4) is 18.0 Å². The number of rotatable bonds is 8. The lowest BCUT2D eigenvalue weighted by molar-refractivity contribution is -0.130. The van der Waals surface area contributed by atoms with Crippen molar-refractivity contribution < 1.29 is 14.3 Å². The minimum atomic E-state index is -0.338. The molecule has 0 spiro atoms. The molecular formula is C38H44N8O3. The first-order valence-electron chi connectivity index (χ1n) is 17.1. The Morgan fingerprint density at radius 3 is 2.51 bits per heavy atom. The second kappa shape index (κ2) is 14.6. The molecular weight excluding hydrogens is 616 g/mol. The Morgan fingerprint density at radius 2 is 1.82 bits per heavy atom. The van der Waals surface area contributed by atoms with Gasteiger partial charge in [0.15, 0.2) is 0 Å². The number of nitriles is 2. The van der Waals surface area contributed by atoms with Gasteiger partial charge in [0.25, 0.3) is 0 Å². The van der Waals surface area contributed by atoms with Gasteiger partial charge in [-0.2, -0.15) is 10.5 Å². The van der Waals surface area contributed by atoms with Gasteiger partial charge in [-0.05, 0) is 43.4 Å². The van der Waals surface area contributed by atoms with Crippen molar-refractivity contribution in [3.63, 3.8) is 0 Å². The van der Waals surface area contributed by atoms with Crippen LogP contribution in [0.1, 0.15) is 42.7 Å². The Labute approximate surface area is 288 Å². The predicted molar refractivity (Wildman–Crippen MR) is 189 cm³/mol. The van der Waals surface area contributed by atoms with Gasteiger partial charge in [0.1, 0.15) is 17.7 Å². The number of piperazine rings is 2. The van der Waals surface area contributed by atoms with Crippen LogP contribution >= 0.6 is 0 Å². The minimum absolute atomic E-state index is 0.0906. The molecule has 2 atom stereocenters. The molecule has 1 aromatic heterocycles. The smallest absolute Gasteiger partial charge is 0.246 e. The maximum Gasteiger partial charge on any atom is 0.246 e. The topological polar surface area (TPSA) is 120 Å². The Hall–Kier alpha value is -5.13. The van der Waals surface area contributed by atoms with E-state index in [0.29, 0.717) is 63.7 Å². The van der Waals surface area contributed by atoms with E-state index in [4.69, 9.17) is 9.72 Å². The normalized spacial score (nSPS) is 18.8. The van der Waals surface area contributed by atoms with E-state index in [9.17, 15) is 20.1 Å². The van der Waals surface area contributed by atoms with Gasteiger partial charge in [0.2, 0.25) is 17.7 Å². The third kappa shape index (κ3) is 6.90. The third-order valence-corrected chi connectivity index (χ3v) is 10.1. The molecule has 2 amide bonds. The number of carbonyl (C=O) groups is 2. The van der Waals surface area contributed by atoms with E-state index >= 15 is 0 Å². The standard InChI is InChI=1S/C38H44N8O3/c1-5-35(48)46-21-20-45(24-30(46)12-14-39)37-31-13-15-44(34-11-7-10-29-9-6-8-26(2)36(29)34)25-33(31)41-38(32(37)22-40)49-27(3)23-42-16-18-43(19-17-42)28(4)47/h5-11,27,30H,1,12-13,15-21,23-25H2,2-4H3/t27?,30-/m0/s1. The predicted octanol–water partition coefficient (Wildman–Crippen LogP) is 4.03. The summed E-state index contributed by atoms with van der Waals surface area (Å²) in [5.74, 6) is 0.205. The molecule has 4 heterocycles. The minimum Gasteiger partial charge on any atom is -0.472 e. The first kappa shape index (κ1) is 33.8. The summed E-state index contributed by atoms with van der Waals surface area (Å²) in [7, 11) is 0. The molecule has 2 aromatic carbocycles. The number of hydrogen-bond donors (Lipinski definition) is 0. The number of carbonyl (C=O) groups excluding carboxylic acids is 2. The lowest BCUT2D eigenvalue weighted by Crippen LogP contribution is -2.55. The number of amides is 2. The van der Waals surface area contributed by atoms with Crippen LogP contribution < -0.4 is 14.5 Å². The lowest BCUT2D eigenvalue weighted by Gasteiger charge is -2.43. The molecule has 11 heteroatoms. The van der Waals surface area contributed by atoms with Gasteiger partial charge in [-0.25, -0.2) is 4.98 Å². The highest BCUT2D eigenvalue weighted by atomic mass is 16.5. The Bertz CT molecular complexity index is 1830. The fourth-order valence-corrected chi connectivity index (χ4v) is 7.63. The summed E-state index contributed by atoms with van der Waals surface area (Å²) in [5.41, 5.74) is 5.44. The van der Waals surface area contributed by atoms with E-state index in [-0.39, 0.29) is 30.4 Å². The molecule has 1 unspecified atom stereocenters. The van der Waals surface area contributed by atoms with Crippen molar-refractivity contribution in [3.05, 3.63) is 71.4 Å². The highest BCUT2D eigenvalue weighted by Crippen LogP contribution is 2.40. The van der Waals surface area contributed by atoms with E-state index in [1.165, 1.54) is 22.4 Å². The van der Waals surface area contributed by atoms with Crippen LogP contribution in [0.2, 0.25) is 0 Å². The summed E-state index contributed by atoms with van der Waals surface area (Å²) >= 11 is 0. The van der Waals surface area contributed by atoms with Crippen LogP contribution in [0.15, 0.2) is 49.1 Å². The van der Waals surface area contributed by atoms with E-state index < -0.39 is 0 Å². The third-order valence-electron chi connectivity index (χ3n) is 10.1. The van der Waals surface area contributed by atoms with E-state index in [1.54, 1.807) is 11.8 Å². The first-order chi connectivity index (χ1) is 23.7. The number of fused-ring (bicyclic) bond motifs is 2. The number of anilines is 2. The molecule has 0 N–H and O–H groups in total. The zero-order chi connectivity index (χ0) is 34.7. The molecule has 11 nitrogen and oxygen atoms in total. The van der Waals surface area contributed by atoms with Crippen molar-refractivity contribution in [2.75, 3.05) is 68.7 Å². The molecule has 0 saturated carbocycles. The van der Waals surface area contributed by atoms with Crippen LogP contribution in [0.4, 0.5) is 11.4 Å². The van der Waals surface area contributed by atoms with Gasteiger partial charge in [-0.3, -0.25) is 14.5 Å². The Balaban J connectivity index is 1.36. The van der Waals surface area contributed by atoms with Gasteiger partial charge in [-0.1, -0.05) is 36.9 Å². The Morgan fingerprint density at radius 1 is 1.06 bits per heavy atom. The van der Waals surface area contributed by atoms with Crippen LogP contribution in [-0.4, -0.2) is 103 Å². The van der Waals surface area contributed by atoms with Crippen LogP contribution in [0.5, 0.6) is 5.88 Å². The molecule has 49 heavy (non-hydrogen) atoms. The quantitative estimate of drug-likeness (QED) is 0.330. The summed E-state index contributed by atoms with van der Waals surface area (Å²) in [6.07, 6.45) is 1.89. The van der Waals surface area contributed by atoms with Crippen molar-refractivity contribution in [1.29, 1.82) is 10.5 Å². The van der Waals surface area contributed by atoms with Gasteiger partial charge in [0.05, 0.1) is 36.5 Å². The van der Waals surface area contributed by atoms with Crippen molar-refractivity contribution in [2.24, 2.45) is 0 Å². The van der Waals surface area contributed by atoms with E-state index in [0.717, 1.165) is 42.3 Å². The highest BCUT2D eigenvalue weighted by Gasteiger charge is 2.35. The molecule has 0 bridgehead atoms. The number of benzene rings is 2. The van der Waals surface area contributed by atoms with Gasteiger partial charge >= 0.3 is 0 Å². The molecule has 0 radical (unpaired) electrons. The monoisotopic (exact) mass is 660 g/mol. The summed E-state index contributed by atoms with van der Waals surface area (Å²) in [6, 6.07) is 17.1. The fraction of sp³-hybridized carbons (Fsp3) is 0.447. The van der Waals surface area contributed by atoms with Crippen molar-refractivity contribution in [2.45, 2.75) is 52.3 Å². The number of aryl methyl sites for hydroxylation is 1. The molecule has 3 aliphatic rings. The zero-order valence-electron chi connectivity index (χ0n) is 28.7.